The van der Waals surface area contributed by atoms with Gasteiger partial charge in [0.05, 0.1) is 12.6 Å². The standard InChI is InChI=1S/C18H19FN4O2/c19-15-4-2-1-3-13(15)11-17(24)22-14-5-9-23(10-6-14)18(25)16-12-20-7-8-21-16/h1-4,7-8,12,14H,5-6,9-11H2,(H,22,24). The molecule has 1 saturated heterocycles. The number of nitrogens with zero attached hydrogens (tertiary/aromatic N) is 3. The van der Waals surface area contributed by atoms with Crippen LogP contribution in [0.1, 0.15) is 28.9 Å². The molecule has 3 rings (SSSR count). The van der Waals surface area contributed by atoms with Crippen molar-refractivity contribution in [3.63, 3.8) is 0 Å². The van der Waals surface area contributed by atoms with E-state index >= 15 is 0 Å². The summed E-state index contributed by atoms with van der Waals surface area (Å²) in [5.41, 5.74) is 0.708. The van der Waals surface area contributed by atoms with Crippen molar-refractivity contribution < 1.29 is 14.0 Å². The van der Waals surface area contributed by atoms with Gasteiger partial charge in [0.1, 0.15) is 11.5 Å². The van der Waals surface area contributed by atoms with Gasteiger partial charge in [-0.15, -0.1) is 0 Å². The van der Waals surface area contributed by atoms with Crippen molar-refractivity contribution in [2.45, 2.75) is 25.3 Å². The molecule has 2 aromatic rings. The molecule has 1 fully saturated rings. The molecule has 0 saturated carbocycles. The largest absolute Gasteiger partial charge is 0.353 e. The fourth-order valence-corrected chi connectivity index (χ4v) is 2.89. The molecule has 2 amide bonds. The SMILES string of the molecule is O=C(Cc1ccccc1F)NC1CCN(C(=O)c2cnccn2)CC1. The fourth-order valence-electron chi connectivity index (χ4n) is 2.89. The summed E-state index contributed by atoms with van der Waals surface area (Å²) < 4.78 is 13.6. The minimum atomic E-state index is -0.373. The highest BCUT2D eigenvalue weighted by Crippen LogP contribution is 2.14. The number of carbonyl (C=O) groups excluding carboxylic acids is 2. The van der Waals surface area contributed by atoms with Crippen LogP contribution in [0, 0.1) is 5.82 Å². The van der Waals surface area contributed by atoms with E-state index in [-0.39, 0.29) is 30.1 Å². The van der Waals surface area contributed by atoms with Gasteiger partial charge in [-0.05, 0) is 24.5 Å². The number of likely N-dealkylation sites (tertiary alicyclic amines) is 1. The number of amides is 2. The summed E-state index contributed by atoms with van der Waals surface area (Å²) >= 11 is 0. The highest BCUT2D eigenvalue weighted by Gasteiger charge is 2.25. The van der Waals surface area contributed by atoms with Crippen molar-refractivity contribution in [1.82, 2.24) is 20.2 Å². The Balaban J connectivity index is 1.48. The molecule has 1 N–H and O–H groups in total. The first-order valence-corrected chi connectivity index (χ1v) is 8.21. The van der Waals surface area contributed by atoms with E-state index in [0.717, 1.165) is 0 Å². The fraction of sp³-hybridized carbons (Fsp3) is 0.333. The molecule has 1 aromatic carbocycles. The molecule has 2 heterocycles. The predicted octanol–water partition coefficient (Wildman–Crippen LogP) is 1.58. The second kappa shape index (κ2) is 7.83. The van der Waals surface area contributed by atoms with Crippen LogP contribution in [0.3, 0.4) is 0 Å². The number of hydrogen-bond donors (Lipinski definition) is 1. The summed E-state index contributed by atoms with van der Waals surface area (Å²) in [6.07, 6.45) is 5.80. The van der Waals surface area contributed by atoms with Crippen LogP contribution in [0.5, 0.6) is 0 Å². The van der Waals surface area contributed by atoms with Crippen LogP contribution in [0.4, 0.5) is 4.39 Å². The average molecular weight is 342 g/mol. The van der Waals surface area contributed by atoms with Gasteiger partial charge in [-0.3, -0.25) is 14.6 Å². The highest BCUT2D eigenvalue weighted by atomic mass is 19.1. The van der Waals surface area contributed by atoms with Crippen molar-refractivity contribution >= 4 is 11.8 Å². The first kappa shape index (κ1) is 17.0. The van der Waals surface area contributed by atoms with Gasteiger partial charge in [0, 0.05) is 31.5 Å². The number of halogens is 1. The lowest BCUT2D eigenvalue weighted by Gasteiger charge is -2.32. The highest BCUT2D eigenvalue weighted by molar-refractivity contribution is 5.92. The maximum Gasteiger partial charge on any atom is 0.274 e. The first-order chi connectivity index (χ1) is 12.1. The molecule has 0 atom stereocenters. The average Bonchev–Trinajstić information content (AvgIpc) is 2.64. The van der Waals surface area contributed by atoms with Crippen LogP contribution in [0.15, 0.2) is 42.9 Å². The normalized spacial score (nSPS) is 15.0. The molecule has 1 aromatic heterocycles. The van der Waals surface area contributed by atoms with Crippen LogP contribution in [0.25, 0.3) is 0 Å². The number of rotatable bonds is 4. The Kier molecular flexibility index (Phi) is 5.33. The maximum atomic E-state index is 13.6. The zero-order valence-electron chi connectivity index (χ0n) is 13.7. The van der Waals surface area contributed by atoms with E-state index in [1.54, 1.807) is 23.1 Å². The van der Waals surface area contributed by atoms with Gasteiger partial charge in [-0.1, -0.05) is 18.2 Å². The van der Waals surface area contributed by atoms with Gasteiger partial charge in [-0.2, -0.15) is 0 Å². The van der Waals surface area contributed by atoms with Gasteiger partial charge in [0.2, 0.25) is 5.91 Å². The molecular weight excluding hydrogens is 323 g/mol. The number of carbonyl (C=O) groups is 2. The number of benzene rings is 1. The maximum absolute atomic E-state index is 13.6. The lowest BCUT2D eigenvalue weighted by atomic mass is 10.0. The van der Waals surface area contributed by atoms with Crippen molar-refractivity contribution in [2.75, 3.05) is 13.1 Å². The monoisotopic (exact) mass is 342 g/mol. The zero-order chi connectivity index (χ0) is 17.6. The number of hydrogen-bond acceptors (Lipinski definition) is 4. The lowest BCUT2D eigenvalue weighted by Crippen LogP contribution is -2.47. The Morgan fingerprint density at radius 3 is 2.64 bits per heavy atom. The number of aromatic nitrogens is 2. The summed E-state index contributed by atoms with van der Waals surface area (Å²) in [6.45, 7) is 1.08. The van der Waals surface area contributed by atoms with Crippen LogP contribution >= 0.6 is 0 Å². The molecule has 1 aliphatic heterocycles. The third kappa shape index (κ3) is 4.37. The zero-order valence-corrected chi connectivity index (χ0v) is 13.7. The van der Waals surface area contributed by atoms with Crippen molar-refractivity contribution in [2.24, 2.45) is 0 Å². The van der Waals surface area contributed by atoms with Crippen molar-refractivity contribution in [3.05, 3.63) is 59.9 Å². The Morgan fingerprint density at radius 1 is 1.20 bits per heavy atom. The second-order valence-electron chi connectivity index (χ2n) is 5.99. The van der Waals surface area contributed by atoms with Crippen molar-refractivity contribution in [3.8, 4) is 0 Å². The molecule has 0 aliphatic carbocycles. The summed E-state index contributed by atoms with van der Waals surface area (Å²) in [7, 11) is 0. The summed E-state index contributed by atoms with van der Waals surface area (Å²) in [6, 6.07) is 6.25. The molecule has 0 radical (unpaired) electrons. The molecule has 0 bridgehead atoms. The van der Waals surface area contributed by atoms with Gasteiger partial charge in [-0.25, -0.2) is 9.37 Å². The quantitative estimate of drug-likeness (QED) is 0.915. The predicted molar refractivity (Wildman–Crippen MR) is 89.2 cm³/mol. The molecule has 130 valence electrons. The van der Waals surface area contributed by atoms with E-state index in [1.807, 2.05) is 0 Å². The third-order valence-electron chi connectivity index (χ3n) is 4.24. The topological polar surface area (TPSA) is 75.2 Å². The third-order valence-corrected chi connectivity index (χ3v) is 4.24. The molecule has 0 spiro atoms. The summed E-state index contributed by atoms with van der Waals surface area (Å²) in [5, 5.41) is 2.92. The molecule has 7 heteroatoms. The number of piperidine rings is 1. The smallest absolute Gasteiger partial charge is 0.274 e. The molecule has 1 aliphatic rings. The molecular formula is C18H19FN4O2. The van der Waals surface area contributed by atoms with E-state index in [9.17, 15) is 14.0 Å². The molecule has 0 unspecified atom stereocenters. The van der Waals surface area contributed by atoms with Gasteiger partial charge in [0.25, 0.3) is 5.91 Å². The summed E-state index contributed by atoms with van der Waals surface area (Å²) in [5.74, 6) is -0.727. The molecule has 25 heavy (non-hydrogen) atoms. The minimum Gasteiger partial charge on any atom is -0.353 e. The van der Waals surface area contributed by atoms with Crippen molar-refractivity contribution in [1.29, 1.82) is 0 Å². The van der Waals surface area contributed by atoms with Crippen LogP contribution in [-0.2, 0) is 11.2 Å². The Morgan fingerprint density at radius 2 is 1.96 bits per heavy atom. The Labute approximate surface area is 145 Å². The van der Waals surface area contributed by atoms with Crippen LogP contribution in [-0.4, -0.2) is 45.8 Å². The van der Waals surface area contributed by atoms with E-state index in [0.29, 0.717) is 37.2 Å². The lowest BCUT2D eigenvalue weighted by molar-refractivity contribution is -0.121. The van der Waals surface area contributed by atoms with Gasteiger partial charge >= 0.3 is 0 Å². The van der Waals surface area contributed by atoms with Crippen LogP contribution in [0.2, 0.25) is 0 Å². The van der Waals surface area contributed by atoms with Gasteiger partial charge in [0.15, 0.2) is 0 Å². The van der Waals surface area contributed by atoms with E-state index in [1.165, 1.54) is 24.7 Å². The molecule has 6 nitrogen and oxygen atoms in total. The first-order valence-electron chi connectivity index (χ1n) is 8.21. The Bertz CT molecular complexity index is 746. The summed E-state index contributed by atoms with van der Waals surface area (Å²) in [4.78, 5) is 34.0. The van der Waals surface area contributed by atoms with E-state index < -0.39 is 0 Å². The number of nitrogens with one attached hydrogen (secondary N) is 1. The van der Waals surface area contributed by atoms with Gasteiger partial charge < -0.3 is 10.2 Å². The van der Waals surface area contributed by atoms with E-state index in [2.05, 4.69) is 15.3 Å². The Hall–Kier alpha value is -2.83. The van der Waals surface area contributed by atoms with E-state index in [4.69, 9.17) is 0 Å². The van der Waals surface area contributed by atoms with Crippen LogP contribution < -0.4 is 5.32 Å². The minimum absolute atomic E-state index is 0.00909. The second-order valence-corrected chi connectivity index (χ2v) is 5.99.